The largest absolute Gasteiger partial charge is 0.488 e. The number of alkyl halides is 2. The lowest BCUT2D eigenvalue weighted by atomic mass is 10.3. The van der Waals surface area contributed by atoms with Crippen molar-refractivity contribution in [3.63, 3.8) is 0 Å². The number of imidazole rings is 1. The second-order valence-electron chi connectivity index (χ2n) is 6.31. The molecule has 1 aliphatic heterocycles. The Kier molecular flexibility index (Phi) is 6.11. The summed E-state index contributed by atoms with van der Waals surface area (Å²) in [7, 11) is -3.68. The number of H-pyrrole nitrogens is 1. The average molecular weight is 428 g/mol. The van der Waals surface area contributed by atoms with E-state index in [1.807, 2.05) is 0 Å². The Morgan fingerprint density at radius 3 is 2.76 bits per heavy atom. The highest BCUT2D eigenvalue weighted by Gasteiger charge is 2.27. The van der Waals surface area contributed by atoms with Gasteiger partial charge in [-0.25, -0.2) is 27.0 Å². The molecule has 0 atom stereocenters. The molecule has 1 aliphatic rings. The van der Waals surface area contributed by atoms with Crippen LogP contribution in [-0.4, -0.2) is 60.6 Å². The molecule has 0 aliphatic carbocycles. The minimum Gasteiger partial charge on any atom is -0.488 e. The molecule has 2 aromatic rings. The van der Waals surface area contributed by atoms with E-state index in [1.165, 1.54) is 35.4 Å². The van der Waals surface area contributed by atoms with Gasteiger partial charge in [-0.1, -0.05) is 6.07 Å². The van der Waals surface area contributed by atoms with E-state index in [0.29, 0.717) is 11.5 Å². The first-order chi connectivity index (χ1) is 13.7. The number of benzene rings is 1. The highest BCUT2D eigenvalue weighted by Crippen LogP contribution is 2.20. The summed E-state index contributed by atoms with van der Waals surface area (Å²) in [6, 6.07) is 4.89. The number of aromatic amines is 1. The number of halogens is 2. The predicted octanol–water partition coefficient (Wildman–Crippen LogP) is 1.12. The Hall–Kier alpha value is -3.02. The third-order valence-electron chi connectivity index (χ3n) is 4.07. The number of nitrogens with one attached hydrogen (secondary N) is 2. The van der Waals surface area contributed by atoms with Crippen molar-refractivity contribution in [3.8, 4) is 5.75 Å². The van der Waals surface area contributed by atoms with Crippen LogP contribution < -0.4 is 10.1 Å². The summed E-state index contributed by atoms with van der Waals surface area (Å²) in [4.78, 5) is 31.0. The van der Waals surface area contributed by atoms with Gasteiger partial charge in [-0.3, -0.25) is 10.1 Å². The molecule has 1 aromatic carbocycles. The maximum absolute atomic E-state index is 12.5. The third kappa shape index (κ3) is 5.50. The number of hydrogen-bond donors (Lipinski definition) is 2. The number of urea groups is 1. The minimum absolute atomic E-state index is 0.0312. The molecule has 29 heavy (non-hydrogen) atoms. The van der Waals surface area contributed by atoms with Crippen LogP contribution in [-0.2, 0) is 27.6 Å². The number of sulfone groups is 1. The summed E-state index contributed by atoms with van der Waals surface area (Å²) in [6.45, 7) is -0.790. The third-order valence-corrected chi connectivity index (χ3v) is 5.78. The number of amides is 3. The van der Waals surface area contributed by atoms with Crippen LogP contribution in [0.5, 0.6) is 5.75 Å². The smallest absolute Gasteiger partial charge is 0.324 e. The van der Waals surface area contributed by atoms with E-state index < -0.39 is 34.8 Å². The highest BCUT2D eigenvalue weighted by atomic mass is 32.2. The Balaban J connectivity index is 1.59. The molecule has 0 bridgehead atoms. The predicted molar refractivity (Wildman–Crippen MR) is 96.2 cm³/mol. The first-order valence-corrected chi connectivity index (χ1v) is 10.2. The number of aromatic nitrogens is 2. The lowest BCUT2D eigenvalue weighted by Gasteiger charge is -2.10. The molecule has 12 heteroatoms. The zero-order chi connectivity index (χ0) is 21.0. The molecule has 3 amide bonds. The molecule has 156 valence electrons. The topological polar surface area (TPSA) is 121 Å². The Morgan fingerprint density at radius 1 is 1.28 bits per heavy atom. The fourth-order valence-electron chi connectivity index (χ4n) is 2.68. The number of carbonyl (C=O) groups excluding carboxylic acids is 2. The number of aryl methyl sites for hydroxylation is 1. The van der Waals surface area contributed by atoms with Gasteiger partial charge in [-0.15, -0.1) is 0 Å². The van der Waals surface area contributed by atoms with Gasteiger partial charge in [0.15, 0.2) is 9.84 Å². The van der Waals surface area contributed by atoms with Gasteiger partial charge < -0.3 is 14.6 Å². The number of carbonyl (C=O) groups is 2. The van der Waals surface area contributed by atoms with Gasteiger partial charge in [0.2, 0.25) is 5.91 Å². The van der Waals surface area contributed by atoms with E-state index in [0.717, 1.165) is 0 Å². The molecular weight excluding hydrogens is 410 g/mol. The van der Waals surface area contributed by atoms with Gasteiger partial charge >= 0.3 is 6.03 Å². The van der Waals surface area contributed by atoms with Crippen LogP contribution in [0.1, 0.15) is 11.5 Å². The number of hydrogen-bond acceptors (Lipinski definition) is 6. The van der Waals surface area contributed by atoms with Crippen LogP contribution in [0.3, 0.4) is 0 Å². The molecule has 2 heterocycles. The molecule has 9 nitrogen and oxygen atoms in total. The van der Waals surface area contributed by atoms with Crippen molar-refractivity contribution in [1.82, 2.24) is 20.2 Å². The zero-order valence-electron chi connectivity index (χ0n) is 15.1. The molecule has 0 spiro atoms. The maximum atomic E-state index is 12.5. The van der Waals surface area contributed by atoms with E-state index >= 15 is 0 Å². The van der Waals surface area contributed by atoms with Crippen molar-refractivity contribution >= 4 is 21.8 Å². The fourth-order valence-corrected chi connectivity index (χ4v) is 3.99. The van der Waals surface area contributed by atoms with Crippen LogP contribution in [0.4, 0.5) is 13.6 Å². The van der Waals surface area contributed by atoms with E-state index in [2.05, 4.69) is 15.3 Å². The molecule has 0 saturated carbocycles. The molecule has 1 fully saturated rings. The molecule has 1 aromatic heterocycles. The molecule has 3 rings (SSSR count). The summed E-state index contributed by atoms with van der Waals surface area (Å²) in [5.41, 5.74) is 0.541. The highest BCUT2D eigenvalue weighted by molar-refractivity contribution is 7.91. The van der Waals surface area contributed by atoms with Gasteiger partial charge in [0.05, 0.1) is 17.2 Å². The van der Waals surface area contributed by atoms with E-state index in [9.17, 15) is 26.8 Å². The van der Waals surface area contributed by atoms with Crippen molar-refractivity contribution in [1.29, 1.82) is 0 Å². The van der Waals surface area contributed by atoms with Gasteiger partial charge in [-0.05, 0) is 18.2 Å². The standard InChI is InChI=1S/C17H18F2N4O5S/c18-14(19)10-28-12-2-1-3-13(6-12)29(26,27)5-4-11-7-20-15(21-11)8-23-9-16(24)22-17(23)25/h1-3,6-7,14H,4-5,8-10H2,(H,20,21)(H,22,24,25). The van der Waals surface area contributed by atoms with Crippen molar-refractivity contribution in [2.75, 3.05) is 18.9 Å². The number of nitrogens with zero attached hydrogens (tertiary/aromatic N) is 2. The lowest BCUT2D eigenvalue weighted by Crippen LogP contribution is -2.28. The molecule has 1 saturated heterocycles. The summed E-state index contributed by atoms with van der Waals surface area (Å²) in [5, 5.41) is 2.15. The first kappa shape index (κ1) is 20.7. The second kappa shape index (κ2) is 8.55. The van der Waals surface area contributed by atoms with Crippen LogP contribution in [0.25, 0.3) is 0 Å². The minimum atomic E-state index is -3.68. The lowest BCUT2D eigenvalue weighted by molar-refractivity contribution is -0.118. The van der Waals surface area contributed by atoms with Gasteiger partial charge in [0, 0.05) is 18.3 Å². The van der Waals surface area contributed by atoms with Crippen molar-refractivity contribution < 1.29 is 31.5 Å². The maximum Gasteiger partial charge on any atom is 0.324 e. The van der Waals surface area contributed by atoms with Gasteiger partial charge in [0.1, 0.15) is 24.7 Å². The quantitative estimate of drug-likeness (QED) is 0.578. The summed E-state index contributed by atoms with van der Waals surface area (Å²) in [6.07, 6.45) is -1.07. The van der Waals surface area contributed by atoms with Crippen molar-refractivity contribution in [3.05, 3.63) is 42.0 Å². The van der Waals surface area contributed by atoms with Crippen LogP contribution in [0.15, 0.2) is 35.4 Å². The van der Waals surface area contributed by atoms with Gasteiger partial charge in [0.25, 0.3) is 6.43 Å². The summed E-state index contributed by atoms with van der Waals surface area (Å²) in [5.74, 6) is -0.166. The van der Waals surface area contributed by atoms with Gasteiger partial charge in [-0.2, -0.15) is 0 Å². The zero-order valence-corrected chi connectivity index (χ0v) is 15.9. The average Bonchev–Trinajstić information content (AvgIpc) is 3.24. The fraction of sp³-hybridized carbons (Fsp3) is 0.353. The molecular formula is C17H18F2N4O5S. The second-order valence-corrected chi connectivity index (χ2v) is 8.42. The van der Waals surface area contributed by atoms with Crippen LogP contribution in [0, 0.1) is 0 Å². The van der Waals surface area contributed by atoms with Crippen molar-refractivity contribution in [2.45, 2.75) is 24.3 Å². The molecule has 2 N–H and O–H groups in total. The van der Waals surface area contributed by atoms with E-state index in [4.69, 9.17) is 4.74 Å². The normalized spacial score (nSPS) is 14.5. The molecule has 0 unspecified atom stereocenters. The van der Waals surface area contributed by atoms with Crippen LogP contribution >= 0.6 is 0 Å². The SMILES string of the molecule is O=C1CN(Cc2ncc(CCS(=O)(=O)c3cccc(OCC(F)F)c3)[nH]2)C(=O)N1. The Bertz CT molecular complexity index is 1010. The first-order valence-electron chi connectivity index (χ1n) is 8.58. The number of rotatable bonds is 9. The molecule has 0 radical (unpaired) electrons. The van der Waals surface area contributed by atoms with Crippen LogP contribution in [0.2, 0.25) is 0 Å². The summed E-state index contributed by atoms with van der Waals surface area (Å²) >= 11 is 0. The van der Waals surface area contributed by atoms with E-state index in [1.54, 1.807) is 0 Å². The van der Waals surface area contributed by atoms with E-state index in [-0.39, 0.29) is 35.9 Å². The Morgan fingerprint density at radius 2 is 2.07 bits per heavy atom. The van der Waals surface area contributed by atoms with Crippen molar-refractivity contribution in [2.24, 2.45) is 0 Å². The Labute approximate surface area is 165 Å². The number of imide groups is 1. The number of ether oxygens (including phenoxy) is 1. The summed E-state index contributed by atoms with van der Waals surface area (Å²) < 4.78 is 54.4. The monoisotopic (exact) mass is 428 g/mol.